The SMILES string of the molecule is CN1CCN(CC(=O)Nc2ccc(-c3cn(-c4cccc(F)c4)c4nc[nH]c(=O)c34)cc2)CC1. The number of amides is 1. The van der Waals surface area contributed by atoms with Crippen molar-refractivity contribution in [1.82, 2.24) is 24.3 Å². The van der Waals surface area contributed by atoms with E-state index in [1.54, 1.807) is 22.9 Å². The molecule has 5 rings (SSSR count). The van der Waals surface area contributed by atoms with Gasteiger partial charge in [0.1, 0.15) is 5.82 Å². The van der Waals surface area contributed by atoms with Crippen molar-refractivity contribution in [1.29, 1.82) is 0 Å². The van der Waals surface area contributed by atoms with Gasteiger partial charge in [-0.2, -0.15) is 0 Å². The van der Waals surface area contributed by atoms with Crippen LogP contribution in [0.1, 0.15) is 0 Å². The van der Waals surface area contributed by atoms with E-state index in [-0.39, 0.29) is 17.3 Å². The Bertz CT molecular complexity index is 1390. The molecular formula is C25H25FN6O2. The van der Waals surface area contributed by atoms with Crippen molar-refractivity contribution >= 4 is 22.6 Å². The zero-order chi connectivity index (χ0) is 23.7. The highest BCUT2D eigenvalue weighted by Crippen LogP contribution is 2.30. The van der Waals surface area contributed by atoms with Gasteiger partial charge in [-0.3, -0.25) is 14.5 Å². The topological polar surface area (TPSA) is 86.3 Å². The molecule has 4 aromatic rings. The molecule has 0 bridgehead atoms. The van der Waals surface area contributed by atoms with Crippen molar-refractivity contribution < 1.29 is 9.18 Å². The zero-order valence-electron chi connectivity index (χ0n) is 18.8. The summed E-state index contributed by atoms with van der Waals surface area (Å²) in [4.78, 5) is 36.5. The van der Waals surface area contributed by atoms with E-state index in [4.69, 9.17) is 0 Å². The lowest BCUT2D eigenvalue weighted by molar-refractivity contribution is -0.117. The van der Waals surface area contributed by atoms with Gasteiger partial charge >= 0.3 is 0 Å². The number of nitrogens with zero attached hydrogens (tertiary/aromatic N) is 4. The second kappa shape index (κ2) is 9.20. The lowest BCUT2D eigenvalue weighted by Crippen LogP contribution is -2.47. The number of fused-ring (bicyclic) bond motifs is 1. The molecule has 3 heterocycles. The summed E-state index contributed by atoms with van der Waals surface area (Å²) in [5.74, 6) is -0.428. The molecule has 174 valence electrons. The minimum absolute atomic E-state index is 0.0549. The minimum atomic E-state index is -0.373. The average Bonchev–Trinajstić information content (AvgIpc) is 3.22. The van der Waals surface area contributed by atoms with Crippen LogP contribution in [0.5, 0.6) is 0 Å². The highest BCUT2D eigenvalue weighted by molar-refractivity contribution is 5.96. The first-order valence-corrected chi connectivity index (χ1v) is 11.1. The predicted molar refractivity (Wildman–Crippen MR) is 130 cm³/mol. The Morgan fingerprint density at radius 1 is 1.12 bits per heavy atom. The first-order chi connectivity index (χ1) is 16.5. The number of hydrogen-bond acceptors (Lipinski definition) is 5. The largest absolute Gasteiger partial charge is 0.325 e. The molecule has 9 heteroatoms. The van der Waals surface area contributed by atoms with E-state index in [1.807, 2.05) is 24.3 Å². The first kappa shape index (κ1) is 22.0. The fourth-order valence-corrected chi connectivity index (χ4v) is 4.25. The number of carbonyl (C=O) groups excluding carboxylic acids is 1. The van der Waals surface area contributed by atoms with Gasteiger partial charge in [0, 0.05) is 49.3 Å². The molecule has 2 N–H and O–H groups in total. The summed E-state index contributed by atoms with van der Waals surface area (Å²) in [6.07, 6.45) is 3.12. The van der Waals surface area contributed by atoms with Gasteiger partial charge in [0.05, 0.1) is 18.3 Å². The zero-order valence-corrected chi connectivity index (χ0v) is 18.8. The third-order valence-electron chi connectivity index (χ3n) is 6.12. The van der Waals surface area contributed by atoms with Gasteiger partial charge in [-0.1, -0.05) is 18.2 Å². The number of rotatable bonds is 5. The monoisotopic (exact) mass is 460 g/mol. The van der Waals surface area contributed by atoms with Crippen molar-refractivity contribution in [3.63, 3.8) is 0 Å². The van der Waals surface area contributed by atoms with Crippen LogP contribution in [-0.2, 0) is 4.79 Å². The molecule has 0 aliphatic carbocycles. The van der Waals surface area contributed by atoms with Gasteiger partial charge in [-0.15, -0.1) is 0 Å². The number of likely N-dealkylation sites (N-methyl/N-ethyl adjacent to an activating group) is 1. The molecule has 34 heavy (non-hydrogen) atoms. The molecule has 1 aliphatic rings. The van der Waals surface area contributed by atoms with Crippen LogP contribution < -0.4 is 10.9 Å². The van der Waals surface area contributed by atoms with Crippen LogP contribution in [-0.4, -0.2) is 70.0 Å². The number of nitrogens with one attached hydrogen (secondary N) is 2. The summed E-state index contributed by atoms with van der Waals surface area (Å²) in [5.41, 5.74) is 2.87. The van der Waals surface area contributed by atoms with Gasteiger partial charge in [-0.05, 0) is 42.9 Å². The second-order valence-electron chi connectivity index (χ2n) is 8.53. The molecule has 1 amide bonds. The van der Waals surface area contributed by atoms with Gasteiger partial charge in [-0.25, -0.2) is 9.37 Å². The van der Waals surface area contributed by atoms with Crippen LogP contribution in [0.4, 0.5) is 10.1 Å². The summed E-state index contributed by atoms with van der Waals surface area (Å²) >= 11 is 0. The molecule has 2 aromatic heterocycles. The van der Waals surface area contributed by atoms with E-state index in [2.05, 4.69) is 32.1 Å². The van der Waals surface area contributed by atoms with Crippen LogP contribution in [0.3, 0.4) is 0 Å². The average molecular weight is 461 g/mol. The third-order valence-corrected chi connectivity index (χ3v) is 6.12. The van der Waals surface area contributed by atoms with Crippen molar-refractivity contribution in [2.24, 2.45) is 0 Å². The van der Waals surface area contributed by atoms with E-state index in [0.29, 0.717) is 34.5 Å². The number of H-pyrrole nitrogens is 1. The smallest absolute Gasteiger partial charge is 0.260 e. The molecule has 1 fully saturated rings. The van der Waals surface area contributed by atoms with Gasteiger partial charge < -0.3 is 19.8 Å². The van der Waals surface area contributed by atoms with E-state index < -0.39 is 0 Å². The molecular weight excluding hydrogens is 435 g/mol. The number of benzene rings is 2. The standard InChI is InChI=1S/C25H25FN6O2/c1-30-9-11-31(12-10-30)15-22(33)29-19-7-5-17(6-8-19)21-14-32(20-4-2-3-18(26)13-20)24-23(21)25(34)28-16-27-24/h2-8,13-14,16H,9-12,15H2,1H3,(H,29,33)(H,27,28,34). The first-order valence-electron chi connectivity index (χ1n) is 11.1. The molecule has 0 radical (unpaired) electrons. The summed E-state index contributed by atoms with van der Waals surface area (Å²) in [5, 5.41) is 3.36. The number of carbonyl (C=O) groups is 1. The Morgan fingerprint density at radius 3 is 2.62 bits per heavy atom. The number of halogens is 1. The fraction of sp³-hybridized carbons (Fsp3) is 0.240. The predicted octanol–water partition coefficient (Wildman–Crippen LogP) is 2.71. The molecule has 1 aliphatic heterocycles. The number of anilines is 1. The van der Waals surface area contributed by atoms with Crippen molar-refractivity contribution in [3.05, 3.63) is 77.2 Å². The van der Waals surface area contributed by atoms with E-state index >= 15 is 0 Å². The lowest BCUT2D eigenvalue weighted by atomic mass is 10.1. The normalized spacial score (nSPS) is 15.0. The molecule has 8 nitrogen and oxygen atoms in total. The van der Waals surface area contributed by atoms with E-state index in [0.717, 1.165) is 31.7 Å². The third kappa shape index (κ3) is 4.48. The number of aromatic amines is 1. The van der Waals surface area contributed by atoms with Crippen LogP contribution >= 0.6 is 0 Å². The molecule has 0 saturated carbocycles. The van der Waals surface area contributed by atoms with E-state index in [9.17, 15) is 14.0 Å². The van der Waals surface area contributed by atoms with Crippen molar-refractivity contribution in [2.75, 3.05) is 45.1 Å². The summed E-state index contributed by atoms with van der Waals surface area (Å²) in [7, 11) is 2.08. The molecule has 1 saturated heterocycles. The Hall–Kier alpha value is -3.82. The van der Waals surface area contributed by atoms with Gasteiger partial charge in [0.25, 0.3) is 5.56 Å². The summed E-state index contributed by atoms with van der Waals surface area (Å²) in [6.45, 7) is 4.03. The molecule has 0 atom stereocenters. The van der Waals surface area contributed by atoms with Crippen LogP contribution in [0.15, 0.2) is 65.8 Å². The van der Waals surface area contributed by atoms with Crippen LogP contribution in [0.2, 0.25) is 0 Å². The summed E-state index contributed by atoms with van der Waals surface area (Å²) in [6, 6.07) is 13.5. The second-order valence-corrected chi connectivity index (χ2v) is 8.53. The van der Waals surface area contributed by atoms with Crippen LogP contribution in [0.25, 0.3) is 27.8 Å². The Morgan fingerprint density at radius 2 is 1.88 bits per heavy atom. The van der Waals surface area contributed by atoms with Gasteiger partial charge in [0.15, 0.2) is 5.65 Å². The van der Waals surface area contributed by atoms with Crippen molar-refractivity contribution in [2.45, 2.75) is 0 Å². The lowest BCUT2D eigenvalue weighted by Gasteiger charge is -2.31. The molecule has 0 spiro atoms. The number of piperazine rings is 1. The molecule has 2 aromatic carbocycles. The quantitative estimate of drug-likeness (QED) is 0.478. The molecule has 0 unspecified atom stereocenters. The van der Waals surface area contributed by atoms with E-state index in [1.165, 1.54) is 18.5 Å². The summed E-state index contributed by atoms with van der Waals surface area (Å²) < 4.78 is 15.5. The van der Waals surface area contributed by atoms with Gasteiger partial charge in [0.2, 0.25) is 5.91 Å². The fourth-order valence-electron chi connectivity index (χ4n) is 4.25. The maximum absolute atomic E-state index is 13.8. The maximum atomic E-state index is 13.8. The number of hydrogen-bond donors (Lipinski definition) is 2. The Balaban J connectivity index is 1.40. The Labute approximate surface area is 195 Å². The van der Waals surface area contributed by atoms with Crippen LogP contribution in [0, 0.1) is 5.82 Å². The highest BCUT2D eigenvalue weighted by Gasteiger charge is 2.18. The minimum Gasteiger partial charge on any atom is -0.325 e. The Kier molecular flexibility index (Phi) is 5.95. The number of aromatic nitrogens is 3. The highest BCUT2D eigenvalue weighted by atomic mass is 19.1. The van der Waals surface area contributed by atoms with Crippen molar-refractivity contribution in [3.8, 4) is 16.8 Å². The maximum Gasteiger partial charge on any atom is 0.260 e.